The molecule has 2 heterocycles. The van der Waals surface area contributed by atoms with Crippen LogP contribution in [0.1, 0.15) is 62.4 Å². The van der Waals surface area contributed by atoms with Crippen molar-refractivity contribution in [3.8, 4) is 0 Å². The summed E-state index contributed by atoms with van der Waals surface area (Å²) in [5.74, 6) is 0.497. The van der Waals surface area contributed by atoms with Crippen LogP contribution in [0.2, 0.25) is 0 Å². The van der Waals surface area contributed by atoms with Gasteiger partial charge in [0.1, 0.15) is 5.01 Å². The van der Waals surface area contributed by atoms with Crippen LogP contribution < -0.4 is 5.32 Å². The minimum Gasteiger partial charge on any atom is -0.343 e. The Labute approximate surface area is 176 Å². The lowest BCUT2D eigenvalue weighted by Crippen LogP contribution is -2.41. The van der Waals surface area contributed by atoms with Crippen molar-refractivity contribution < 1.29 is 9.59 Å². The molecule has 0 saturated carbocycles. The van der Waals surface area contributed by atoms with Gasteiger partial charge in [-0.15, -0.1) is 10.2 Å². The van der Waals surface area contributed by atoms with E-state index in [9.17, 15) is 9.59 Å². The van der Waals surface area contributed by atoms with E-state index in [0.29, 0.717) is 43.4 Å². The third-order valence-electron chi connectivity index (χ3n) is 5.69. The van der Waals surface area contributed by atoms with Gasteiger partial charge in [0.25, 0.3) is 0 Å². The number of hydrogen-bond donors (Lipinski definition) is 1. The Morgan fingerprint density at radius 2 is 1.83 bits per heavy atom. The van der Waals surface area contributed by atoms with E-state index in [-0.39, 0.29) is 17.7 Å². The van der Waals surface area contributed by atoms with Gasteiger partial charge in [-0.2, -0.15) is 0 Å². The zero-order valence-corrected chi connectivity index (χ0v) is 18.1. The van der Waals surface area contributed by atoms with Crippen LogP contribution >= 0.6 is 11.3 Å². The molecule has 0 atom stereocenters. The molecule has 1 fully saturated rings. The highest BCUT2D eigenvalue weighted by atomic mass is 32.1. The first-order valence-corrected chi connectivity index (χ1v) is 11.4. The van der Waals surface area contributed by atoms with Gasteiger partial charge in [-0.1, -0.05) is 55.5 Å². The largest absolute Gasteiger partial charge is 0.343 e. The fourth-order valence-corrected chi connectivity index (χ4v) is 4.75. The van der Waals surface area contributed by atoms with Gasteiger partial charge < -0.3 is 10.2 Å². The minimum atomic E-state index is -0.0753. The maximum Gasteiger partial charge on any atom is 0.229 e. The van der Waals surface area contributed by atoms with Crippen molar-refractivity contribution in [1.82, 2.24) is 15.1 Å². The number of amides is 2. The van der Waals surface area contributed by atoms with Crippen LogP contribution in [0, 0.1) is 5.92 Å². The molecule has 6 nitrogen and oxygen atoms in total. The quantitative estimate of drug-likeness (QED) is 0.701. The number of benzene rings is 1. The molecular weight excluding hydrogens is 384 g/mol. The lowest BCUT2D eigenvalue weighted by molar-refractivity contribution is -0.134. The van der Waals surface area contributed by atoms with Crippen LogP contribution in [0.15, 0.2) is 30.3 Å². The Hall–Kier alpha value is -2.28. The van der Waals surface area contributed by atoms with Crippen LogP contribution in [0.3, 0.4) is 0 Å². The molecule has 2 aromatic rings. The van der Waals surface area contributed by atoms with E-state index in [1.165, 1.54) is 16.9 Å². The molecule has 1 aliphatic rings. The molecule has 29 heavy (non-hydrogen) atoms. The summed E-state index contributed by atoms with van der Waals surface area (Å²) in [5, 5.41) is 12.9. The summed E-state index contributed by atoms with van der Waals surface area (Å²) >= 11 is 1.47. The second kappa shape index (κ2) is 10.5. The number of carbonyl (C=O) groups excluding carboxylic acids is 2. The number of aryl methyl sites for hydroxylation is 1. The molecule has 7 heteroatoms. The van der Waals surface area contributed by atoms with Crippen LogP contribution in [-0.2, 0) is 16.0 Å². The lowest BCUT2D eigenvalue weighted by atomic mass is 9.95. The molecule has 1 aliphatic heterocycles. The van der Waals surface area contributed by atoms with Gasteiger partial charge in [-0.05, 0) is 37.7 Å². The number of aromatic nitrogens is 2. The molecule has 156 valence electrons. The lowest BCUT2D eigenvalue weighted by Gasteiger charge is -2.31. The summed E-state index contributed by atoms with van der Waals surface area (Å²) in [6.07, 6.45) is 4.72. The highest BCUT2D eigenvalue weighted by Crippen LogP contribution is 2.29. The first-order valence-electron chi connectivity index (χ1n) is 10.6. The van der Waals surface area contributed by atoms with Crippen molar-refractivity contribution in [3.05, 3.63) is 40.9 Å². The minimum absolute atomic E-state index is 0.00590. The van der Waals surface area contributed by atoms with E-state index in [0.717, 1.165) is 24.3 Å². The van der Waals surface area contributed by atoms with E-state index in [1.807, 2.05) is 35.2 Å². The molecule has 0 spiro atoms. The van der Waals surface area contributed by atoms with Crippen LogP contribution in [0.25, 0.3) is 0 Å². The summed E-state index contributed by atoms with van der Waals surface area (Å²) in [4.78, 5) is 27.0. The number of anilines is 1. The number of hydrogen-bond acceptors (Lipinski definition) is 5. The Morgan fingerprint density at radius 3 is 2.48 bits per heavy atom. The van der Waals surface area contributed by atoms with E-state index in [2.05, 4.69) is 29.4 Å². The molecule has 1 saturated heterocycles. The molecule has 3 rings (SSSR count). The van der Waals surface area contributed by atoms with Crippen molar-refractivity contribution in [2.75, 3.05) is 18.4 Å². The molecule has 0 unspecified atom stereocenters. The zero-order valence-electron chi connectivity index (χ0n) is 17.3. The standard InChI is InChI=1S/C22H30N4O2S/c1-3-17(4-2)21-24-25-22(29-21)23-20(28)18-12-14-26(15-13-18)19(27)11-10-16-8-6-5-7-9-16/h5-9,17-18H,3-4,10-15H2,1-2H3,(H,23,25,28). The number of piperidine rings is 1. The van der Waals surface area contributed by atoms with Gasteiger partial charge in [0.15, 0.2) is 0 Å². The molecule has 0 bridgehead atoms. The zero-order chi connectivity index (χ0) is 20.6. The molecule has 0 aliphatic carbocycles. The van der Waals surface area contributed by atoms with E-state index >= 15 is 0 Å². The maximum absolute atomic E-state index is 12.6. The molecule has 0 radical (unpaired) electrons. The Balaban J connectivity index is 1.44. The molecular formula is C22H30N4O2S. The van der Waals surface area contributed by atoms with Gasteiger partial charge in [-0.3, -0.25) is 9.59 Å². The van der Waals surface area contributed by atoms with Gasteiger partial charge in [0, 0.05) is 31.3 Å². The predicted molar refractivity (Wildman–Crippen MR) is 116 cm³/mol. The highest BCUT2D eigenvalue weighted by molar-refractivity contribution is 7.15. The SMILES string of the molecule is CCC(CC)c1nnc(NC(=O)C2CCN(C(=O)CCc3ccccc3)CC2)s1. The average Bonchev–Trinajstić information content (AvgIpc) is 3.22. The van der Waals surface area contributed by atoms with E-state index in [1.54, 1.807) is 0 Å². The topological polar surface area (TPSA) is 75.2 Å². The Bertz CT molecular complexity index is 796. The summed E-state index contributed by atoms with van der Waals surface area (Å²) in [6, 6.07) is 10.1. The van der Waals surface area contributed by atoms with Gasteiger partial charge >= 0.3 is 0 Å². The first kappa shape index (κ1) is 21.4. The van der Waals surface area contributed by atoms with Crippen molar-refractivity contribution in [2.24, 2.45) is 5.92 Å². The van der Waals surface area contributed by atoms with Crippen LogP contribution in [-0.4, -0.2) is 40.0 Å². The monoisotopic (exact) mass is 414 g/mol. The fraction of sp³-hybridized carbons (Fsp3) is 0.545. The fourth-order valence-electron chi connectivity index (χ4n) is 3.74. The van der Waals surface area contributed by atoms with Crippen molar-refractivity contribution >= 4 is 28.3 Å². The number of rotatable bonds is 8. The number of likely N-dealkylation sites (tertiary alicyclic amines) is 1. The molecule has 2 amide bonds. The van der Waals surface area contributed by atoms with Gasteiger partial charge in [-0.25, -0.2) is 0 Å². The first-order chi connectivity index (χ1) is 14.1. The predicted octanol–water partition coefficient (Wildman–Crippen LogP) is 4.25. The Kier molecular flexibility index (Phi) is 7.75. The van der Waals surface area contributed by atoms with Crippen LogP contribution in [0.4, 0.5) is 5.13 Å². The van der Waals surface area contributed by atoms with Gasteiger partial charge in [0.05, 0.1) is 0 Å². The number of nitrogens with zero attached hydrogens (tertiary/aromatic N) is 3. The number of nitrogens with one attached hydrogen (secondary N) is 1. The summed E-state index contributed by atoms with van der Waals surface area (Å²) in [5.41, 5.74) is 1.18. The third kappa shape index (κ3) is 5.85. The average molecular weight is 415 g/mol. The summed E-state index contributed by atoms with van der Waals surface area (Å²) < 4.78 is 0. The highest BCUT2D eigenvalue weighted by Gasteiger charge is 2.28. The maximum atomic E-state index is 12.6. The van der Waals surface area contributed by atoms with E-state index in [4.69, 9.17) is 0 Å². The second-order valence-electron chi connectivity index (χ2n) is 7.59. The van der Waals surface area contributed by atoms with Crippen LogP contribution in [0.5, 0.6) is 0 Å². The second-order valence-corrected chi connectivity index (χ2v) is 8.60. The van der Waals surface area contributed by atoms with Crippen molar-refractivity contribution in [2.45, 2.75) is 58.3 Å². The summed E-state index contributed by atoms with van der Waals surface area (Å²) in [7, 11) is 0. The molecule has 1 N–H and O–H groups in total. The van der Waals surface area contributed by atoms with E-state index < -0.39 is 0 Å². The van der Waals surface area contributed by atoms with Crippen molar-refractivity contribution in [1.29, 1.82) is 0 Å². The molecule has 1 aromatic carbocycles. The third-order valence-corrected chi connectivity index (χ3v) is 6.70. The normalized spacial score (nSPS) is 14.9. The van der Waals surface area contributed by atoms with Gasteiger partial charge in [0.2, 0.25) is 16.9 Å². The smallest absolute Gasteiger partial charge is 0.229 e. The molecule has 1 aromatic heterocycles. The van der Waals surface area contributed by atoms with Crippen molar-refractivity contribution in [3.63, 3.8) is 0 Å². The summed E-state index contributed by atoms with van der Waals surface area (Å²) in [6.45, 7) is 5.56. The number of carbonyl (C=O) groups is 2. The Morgan fingerprint density at radius 1 is 1.14 bits per heavy atom.